The summed E-state index contributed by atoms with van der Waals surface area (Å²) in [7, 11) is -1.64. The van der Waals surface area contributed by atoms with E-state index in [0.29, 0.717) is 16.9 Å². The van der Waals surface area contributed by atoms with E-state index in [-0.39, 0.29) is 28.8 Å². The molecule has 1 aromatic heterocycles. The van der Waals surface area contributed by atoms with Gasteiger partial charge < -0.3 is 14.8 Å². The Kier molecular flexibility index (Phi) is 6.82. The fourth-order valence-corrected chi connectivity index (χ4v) is 2.79. The number of hydrazone groups is 1. The van der Waals surface area contributed by atoms with Crippen molar-refractivity contribution in [2.75, 3.05) is 5.43 Å². The second kappa shape index (κ2) is 9.71. The van der Waals surface area contributed by atoms with Crippen LogP contribution in [0.15, 0.2) is 58.4 Å². The molecule has 0 saturated carbocycles. The molecule has 0 amide bonds. The van der Waals surface area contributed by atoms with Crippen molar-refractivity contribution in [3.8, 4) is 23.1 Å². The van der Waals surface area contributed by atoms with Gasteiger partial charge in [-0.25, -0.2) is 10.4 Å². The molecule has 10 heteroatoms. The van der Waals surface area contributed by atoms with Crippen molar-refractivity contribution in [1.29, 1.82) is 5.26 Å². The summed E-state index contributed by atoms with van der Waals surface area (Å²) in [5.41, 5.74) is 3.56. The first-order valence-electron chi connectivity index (χ1n) is 9.44. The minimum absolute atomic E-state index is 0.0452. The topological polar surface area (TPSA) is 144 Å². The summed E-state index contributed by atoms with van der Waals surface area (Å²) in [4.78, 5) is 19.1. The third-order valence-corrected chi connectivity index (χ3v) is 4.15. The number of rotatable bonds is 7. The highest BCUT2D eigenvalue weighted by atomic mass is 16.5. The smallest absolute Gasteiger partial charge is 0.488 e. The highest BCUT2D eigenvalue weighted by molar-refractivity contribution is 6.58. The largest absolute Gasteiger partial charge is 0.490 e. The summed E-state index contributed by atoms with van der Waals surface area (Å²) in [6.45, 7) is 3.73. The van der Waals surface area contributed by atoms with Gasteiger partial charge in [0, 0.05) is 11.1 Å². The van der Waals surface area contributed by atoms with Crippen LogP contribution in [0.2, 0.25) is 0 Å². The van der Waals surface area contributed by atoms with E-state index < -0.39 is 12.7 Å². The summed E-state index contributed by atoms with van der Waals surface area (Å²) in [5.74, 6) is 0.542. The van der Waals surface area contributed by atoms with Gasteiger partial charge in [-0.3, -0.25) is 9.78 Å². The maximum absolute atomic E-state index is 12.3. The van der Waals surface area contributed by atoms with Gasteiger partial charge in [-0.1, -0.05) is 36.4 Å². The van der Waals surface area contributed by atoms with Crippen molar-refractivity contribution in [2.45, 2.75) is 20.0 Å². The first-order valence-corrected chi connectivity index (χ1v) is 9.44. The maximum atomic E-state index is 12.3. The summed E-state index contributed by atoms with van der Waals surface area (Å²) in [6, 6.07) is 15.4. The van der Waals surface area contributed by atoms with Crippen molar-refractivity contribution in [3.05, 3.63) is 70.0 Å². The van der Waals surface area contributed by atoms with Gasteiger partial charge in [-0.05, 0) is 31.4 Å². The fourth-order valence-electron chi connectivity index (χ4n) is 2.79. The third-order valence-electron chi connectivity index (χ3n) is 4.15. The number of nitriles is 1. The first kappa shape index (κ1) is 21.8. The highest BCUT2D eigenvalue weighted by Crippen LogP contribution is 2.20. The Labute approximate surface area is 178 Å². The molecule has 0 radical (unpaired) electrons. The predicted molar refractivity (Wildman–Crippen MR) is 118 cm³/mol. The molecule has 9 nitrogen and oxygen atoms in total. The van der Waals surface area contributed by atoms with Gasteiger partial charge in [0.15, 0.2) is 0 Å². The molecular formula is C21H20BN5O4. The van der Waals surface area contributed by atoms with Crippen LogP contribution in [0.1, 0.15) is 25.0 Å². The van der Waals surface area contributed by atoms with E-state index in [9.17, 15) is 20.1 Å². The molecule has 0 saturated heterocycles. The van der Waals surface area contributed by atoms with Crippen LogP contribution in [-0.4, -0.2) is 39.5 Å². The lowest BCUT2D eigenvalue weighted by atomic mass is 9.79. The summed E-state index contributed by atoms with van der Waals surface area (Å²) in [5, 5.41) is 32.3. The number of aromatic amines is 1. The van der Waals surface area contributed by atoms with Crippen LogP contribution in [0.25, 0.3) is 11.3 Å². The van der Waals surface area contributed by atoms with Gasteiger partial charge in [-0.2, -0.15) is 10.4 Å². The van der Waals surface area contributed by atoms with Crippen molar-refractivity contribution in [2.24, 2.45) is 5.10 Å². The number of hydrogen-bond donors (Lipinski definition) is 4. The van der Waals surface area contributed by atoms with Gasteiger partial charge in [0.25, 0.3) is 5.56 Å². The van der Waals surface area contributed by atoms with Gasteiger partial charge in [0.2, 0.25) is 5.95 Å². The average molecular weight is 417 g/mol. The second-order valence-electron chi connectivity index (χ2n) is 6.82. The molecule has 0 aliphatic carbocycles. The van der Waals surface area contributed by atoms with E-state index in [1.54, 1.807) is 36.4 Å². The summed E-state index contributed by atoms with van der Waals surface area (Å²) in [6.07, 6.45) is 1.30. The number of H-pyrrole nitrogens is 1. The van der Waals surface area contributed by atoms with Gasteiger partial charge in [0.05, 0.1) is 18.0 Å². The van der Waals surface area contributed by atoms with Crippen molar-refractivity contribution < 1.29 is 14.8 Å². The molecule has 0 atom stereocenters. The maximum Gasteiger partial charge on any atom is 0.488 e. The molecule has 0 fully saturated rings. The highest BCUT2D eigenvalue weighted by Gasteiger charge is 2.15. The lowest BCUT2D eigenvalue weighted by molar-refractivity contribution is 0.242. The Morgan fingerprint density at radius 1 is 1.26 bits per heavy atom. The van der Waals surface area contributed by atoms with Crippen LogP contribution >= 0.6 is 0 Å². The Hall–Kier alpha value is -3.94. The number of nitrogens with zero attached hydrogens (tertiary/aromatic N) is 3. The number of aromatic nitrogens is 2. The Bertz CT molecular complexity index is 1190. The summed E-state index contributed by atoms with van der Waals surface area (Å²) < 4.78 is 5.72. The summed E-state index contributed by atoms with van der Waals surface area (Å²) >= 11 is 0. The molecule has 0 aliphatic rings. The Morgan fingerprint density at radius 2 is 2.00 bits per heavy atom. The Balaban J connectivity index is 1.93. The molecule has 0 aliphatic heterocycles. The third kappa shape index (κ3) is 5.36. The molecule has 4 N–H and O–H groups in total. The standard InChI is InChI=1S/C21H20BN5O4/c1-13(2)31-18-9-8-16(22(29)30)10-15(18)12-24-27-21-25-19(14-6-4-3-5-7-14)17(11-23)20(28)26-21/h3-10,12-13,29-30H,1-2H3,(H2,25,26,27,28). The van der Waals surface area contributed by atoms with Crippen molar-refractivity contribution in [1.82, 2.24) is 9.97 Å². The van der Waals surface area contributed by atoms with Crippen LogP contribution in [0.5, 0.6) is 5.75 Å². The molecule has 0 unspecified atom stereocenters. The minimum Gasteiger partial charge on any atom is -0.490 e. The molecule has 31 heavy (non-hydrogen) atoms. The van der Waals surface area contributed by atoms with Crippen LogP contribution < -0.4 is 21.2 Å². The zero-order chi connectivity index (χ0) is 22.4. The minimum atomic E-state index is -1.64. The first-order chi connectivity index (χ1) is 14.9. The van der Waals surface area contributed by atoms with E-state index in [2.05, 4.69) is 20.5 Å². The predicted octanol–water partition coefficient (Wildman–Crippen LogP) is 1.22. The normalized spacial score (nSPS) is 10.8. The van der Waals surface area contributed by atoms with Gasteiger partial charge in [-0.15, -0.1) is 0 Å². The SMILES string of the molecule is CC(C)Oc1ccc(B(O)O)cc1C=NNc1nc(-c2ccccc2)c(C#N)c(=O)[nH]1. The average Bonchev–Trinajstić information content (AvgIpc) is 2.74. The lowest BCUT2D eigenvalue weighted by Gasteiger charge is -2.13. The number of ether oxygens (including phenoxy) is 1. The Morgan fingerprint density at radius 3 is 2.65 bits per heavy atom. The molecule has 0 bridgehead atoms. The van der Waals surface area contributed by atoms with Crippen molar-refractivity contribution in [3.63, 3.8) is 0 Å². The van der Waals surface area contributed by atoms with Crippen LogP contribution in [0.4, 0.5) is 5.95 Å². The molecule has 1 heterocycles. The second-order valence-corrected chi connectivity index (χ2v) is 6.82. The molecule has 3 aromatic rings. The molecule has 2 aromatic carbocycles. The van der Waals surface area contributed by atoms with Gasteiger partial charge in [0.1, 0.15) is 17.4 Å². The molecular weight excluding hydrogens is 397 g/mol. The lowest BCUT2D eigenvalue weighted by Crippen LogP contribution is -2.30. The quantitative estimate of drug-likeness (QED) is 0.257. The number of nitrogens with one attached hydrogen (secondary N) is 2. The zero-order valence-corrected chi connectivity index (χ0v) is 16.9. The number of benzene rings is 2. The van der Waals surface area contributed by atoms with Crippen LogP contribution in [0, 0.1) is 11.3 Å². The van der Waals surface area contributed by atoms with Crippen molar-refractivity contribution >= 4 is 24.7 Å². The van der Waals surface area contributed by atoms with E-state index in [4.69, 9.17) is 4.74 Å². The fraction of sp³-hybridized carbons (Fsp3) is 0.143. The van der Waals surface area contributed by atoms with E-state index >= 15 is 0 Å². The molecule has 3 rings (SSSR count). The molecule has 156 valence electrons. The van der Waals surface area contributed by atoms with Crippen LogP contribution in [-0.2, 0) is 0 Å². The molecule has 0 spiro atoms. The van der Waals surface area contributed by atoms with E-state index in [1.807, 2.05) is 26.0 Å². The van der Waals surface area contributed by atoms with E-state index in [0.717, 1.165) is 0 Å². The zero-order valence-electron chi connectivity index (χ0n) is 16.9. The monoisotopic (exact) mass is 417 g/mol. The number of hydrogen-bond acceptors (Lipinski definition) is 8. The number of anilines is 1. The van der Waals surface area contributed by atoms with E-state index in [1.165, 1.54) is 12.3 Å². The van der Waals surface area contributed by atoms with Crippen LogP contribution in [0.3, 0.4) is 0 Å². The van der Waals surface area contributed by atoms with Gasteiger partial charge >= 0.3 is 7.12 Å².